The summed E-state index contributed by atoms with van der Waals surface area (Å²) in [4.78, 5) is 36.9. The predicted molar refractivity (Wildman–Crippen MR) is 82.4 cm³/mol. The Kier molecular flexibility index (Phi) is 5.64. The SMILES string of the molecule is CCCn1c(SCC(=O)N2CCCC[C@@H]2C(N)=O)n[nH]c1=O. The number of carbonyl (C=O) groups is 2. The van der Waals surface area contributed by atoms with Gasteiger partial charge < -0.3 is 10.6 Å². The lowest BCUT2D eigenvalue weighted by atomic mass is 10.0. The van der Waals surface area contributed by atoms with E-state index in [4.69, 9.17) is 5.73 Å². The van der Waals surface area contributed by atoms with E-state index >= 15 is 0 Å². The summed E-state index contributed by atoms with van der Waals surface area (Å²) in [6.45, 7) is 3.07. The molecule has 0 saturated carbocycles. The van der Waals surface area contributed by atoms with Crippen molar-refractivity contribution in [3.63, 3.8) is 0 Å². The summed E-state index contributed by atoms with van der Waals surface area (Å²) in [6.07, 6.45) is 3.20. The molecule has 3 N–H and O–H groups in total. The van der Waals surface area contributed by atoms with Gasteiger partial charge in [0.15, 0.2) is 5.16 Å². The minimum atomic E-state index is -0.515. The molecule has 0 unspecified atom stereocenters. The first-order valence-corrected chi connectivity index (χ1v) is 8.40. The van der Waals surface area contributed by atoms with Crippen LogP contribution in [0.25, 0.3) is 0 Å². The number of piperidine rings is 1. The highest BCUT2D eigenvalue weighted by Crippen LogP contribution is 2.20. The fourth-order valence-corrected chi connectivity index (χ4v) is 3.43. The second kappa shape index (κ2) is 7.48. The zero-order valence-corrected chi connectivity index (χ0v) is 13.4. The summed E-state index contributed by atoms with van der Waals surface area (Å²) in [7, 11) is 0. The first-order chi connectivity index (χ1) is 10.5. The van der Waals surface area contributed by atoms with Gasteiger partial charge in [0, 0.05) is 13.1 Å². The maximum atomic E-state index is 12.3. The first kappa shape index (κ1) is 16.6. The van der Waals surface area contributed by atoms with Crippen LogP contribution in [-0.2, 0) is 16.1 Å². The molecule has 22 heavy (non-hydrogen) atoms. The monoisotopic (exact) mass is 327 g/mol. The van der Waals surface area contributed by atoms with Crippen molar-refractivity contribution in [1.29, 1.82) is 0 Å². The van der Waals surface area contributed by atoms with Crippen molar-refractivity contribution in [3.05, 3.63) is 10.5 Å². The molecule has 0 radical (unpaired) electrons. The molecule has 0 aromatic carbocycles. The average Bonchev–Trinajstić information content (AvgIpc) is 2.86. The van der Waals surface area contributed by atoms with Crippen molar-refractivity contribution < 1.29 is 9.59 Å². The predicted octanol–water partition coefficient (Wildman–Crippen LogP) is -0.0601. The average molecular weight is 327 g/mol. The van der Waals surface area contributed by atoms with E-state index in [1.807, 2.05) is 6.92 Å². The van der Waals surface area contributed by atoms with Gasteiger partial charge in [-0.25, -0.2) is 9.89 Å². The minimum Gasteiger partial charge on any atom is -0.368 e. The zero-order chi connectivity index (χ0) is 16.1. The number of hydrogen-bond donors (Lipinski definition) is 2. The molecule has 1 saturated heterocycles. The number of nitrogens with two attached hydrogens (primary N) is 1. The number of primary amides is 1. The molecule has 2 amide bonds. The van der Waals surface area contributed by atoms with E-state index in [1.54, 1.807) is 4.90 Å². The fourth-order valence-electron chi connectivity index (χ4n) is 2.57. The number of aromatic amines is 1. The summed E-state index contributed by atoms with van der Waals surface area (Å²) in [6, 6.07) is -0.515. The molecular formula is C13H21N5O3S. The van der Waals surface area contributed by atoms with E-state index in [2.05, 4.69) is 10.2 Å². The number of amides is 2. The van der Waals surface area contributed by atoms with Gasteiger partial charge in [0.2, 0.25) is 11.8 Å². The van der Waals surface area contributed by atoms with Crippen LogP contribution in [0.3, 0.4) is 0 Å². The lowest BCUT2D eigenvalue weighted by Gasteiger charge is -2.33. The van der Waals surface area contributed by atoms with Crippen LogP contribution in [0, 0.1) is 0 Å². The molecule has 0 bridgehead atoms. The van der Waals surface area contributed by atoms with Crippen molar-refractivity contribution >= 4 is 23.6 Å². The zero-order valence-electron chi connectivity index (χ0n) is 12.6. The number of carbonyl (C=O) groups excluding carboxylic acids is 2. The maximum Gasteiger partial charge on any atom is 0.343 e. The molecule has 8 nitrogen and oxygen atoms in total. The molecule has 9 heteroatoms. The number of thioether (sulfide) groups is 1. The molecular weight excluding hydrogens is 306 g/mol. The number of likely N-dealkylation sites (tertiary alicyclic amines) is 1. The van der Waals surface area contributed by atoms with Crippen molar-refractivity contribution in [3.8, 4) is 0 Å². The summed E-state index contributed by atoms with van der Waals surface area (Å²) < 4.78 is 1.51. The number of hydrogen-bond acceptors (Lipinski definition) is 5. The van der Waals surface area contributed by atoms with Gasteiger partial charge in [-0.3, -0.25) is 14.2 Å². The third-order valence-corrected chi connectivity index (χ3v) is 4.61. The lowest BCUT2D eigenvalue weighted by molar-refractivity contribution is -0.138. The first-order valence-electron chi connectivity index (χ1n) is 7.41. The highest BCUT2D eigenvalue weighted by molar-refractivity contribution is 7.99. The molecule has 1 aliphatic rings. The van der Waals surface area contributed by atoms with Gasteiger partial charge in [0.05, 0.1) is 5.75 Å². The van der Waals surface area contributed by atoms with E-state index in [0.717, 1.165) is 19.3 Å². The van der Waals surface area contributed by atoms with Gasteiger partial charge in [-0.15, -0.1) is 5.10 Å². The Labute approximate surface area is 132 Å². The largest absolute Gasteiger partial charge is 0.368 e. The standard InChI is InChI=1S/C13H21N5O3S/c1-2-6-18-12(21)15-16-13(18)22-8-10(19)17-7-4-3-5-9(17)11(14)20/h9H,2-8H2,1H3,(H2,14,20)(H,15,21)/t9-/m1/s1. The van der Waals surface area contributed by atoms with E-state index in [1.165, 1.54) is 16.3 Å². The lowest BCUT2D eigenvalue weighted by Crippen LogP contribution is -2.51. The topological polar surface area (TPSA) is 114 Å². The molecule has 1 aromatic rings. The van der Waals surface area contributed by atoms with Crippen LogP contribution in [0.4, 0.5) is 0 Å². The highest BCUT2D eigenvalue weighted by atomic mass is 32.2. The molecule has 1 aromatic heterocycles. The molecule has 2 heterocycles. The number of H-pyrrole nitrogens is 1. The number of aromatic nitrogens is 3. The molecule has 1 aliphatic heterocycles. The Morgan fingerprint density at radius 2 is 2.23 bits per heavy atom. The van der Waals surface area contributed by atoms with Crippen LogP contribution in [0.2, 0.25) is 0 Å². The third-order valence-electron chi connectivity index (χ3n) is 3.65. The van der Waals surface area contributed by atoms with Crippen LogP contribution >= 0.6 is 11.8 Å². The van der Waals surface area contributed by atoms with Gasteiger partial charge in [-0.05, 0) is 25.7 Å². The third kappa shape index (κ3) is 3.70. The number of nitrogens with zero attached hydrogens (tertiary/aromatic N) is 3. The van der Waals surface area contributed by atoms with Gasteiger partial charge >= 0.3 is 5.69 Å². The van der Waals surface area contributed by atoms with Crippen LogP contribution in [0.1, 0.15) is 32.6 Å². The molecule has 0 spiro atoms. The molecule has 2 rings (SSSR count). The van der Waals surface area contributed by atoms with E-state index in [-0.39, 0.29) is 17.3 Å². The van der Waals surface area contributed by atoms with Crippen LogP contribution < -0.4 is 11.4 Å². The minimum absolute atomic E-state index is 0.137. The second-order valence-electron chi connectivity index (χ2n) is 5.25. The molecule has 1 atom stereocenters. The Morgan fingerprint density at radius 1 is 1.45 bits per heavy atom. The quantitative estimate of drug-likeness (QED) is 0.711. The van der Waals surface area contributed by atoms with Gasteiger partial charge in [-0.2, -0.15) is 0 Å². The van der Waals surface area contributed by atoms with Crippen LogP contribution in [0.5, 0.6) is 0 Å². The van der Waals surface area contributed by atoms with Crippen molar-refractivity contribution in [2.45, 2.75) is 50.4 Å². The Bertz CT molecular complexity index is 597. The summed E-state index contributed by atoms with van der Waals surface area (Å²) in [5.74, 6) is -0.467. The van der Waals surface area contributed by atoms with Crippen molar-refractivity contribution in [1.82, 2.24) is 19.7 Å². The van der Waals surface area contributed by atoms with Gasteiger partial charge in [0.1, 0.15) is 6.04 Å². The number of nitrogens with one attached hydrogen (secondary N) is 1. The van der Waals surface area contributed by atoms with Gasteiger partial charge in [0.25, 0.3) is 0 Å². The maximum absolute atomic E-state index is 12.3. The van der Waals surface area contributed by atoms with E-state index in [0.29, 0.717) is 24.7 Å². The van der Waals surface area contributed by atoms with Crippen molar-refractivity contribution in [2.75, 3.05) is 12.3 Å². The molecule has 122 valence electrons. The Hall–Kier alpha value is -1.77. The molecule has 0 aliphatic carbocycles. The fraction of sp³-hybridized carbons (Fsp3) is 0.692. The Morgan fingerprint density at radius 3 is 2.91 bits per heavy atom. The Balaban J connectivity index is 2.00. The second-order valence-corrected chi connectivity index (χ2v) is 6.20. The van der Waals surface area contributed by atoms with E-state index in [9.17, 15) is 14.4 Å². The summed E-state index contributed by atoms with van der Waals surface area (Å²) in [5, 5.41) is 6.81. The van der Waals surface area contributed by atoms with Crippen molar-refractivity contribution in [2.24, 2.45) is 5.73 Å². The van der Waals surface area contributed by atoms with Gasteiger partial charge in [-0.1, -0.05) is 18.7 Å². The highest BCUT2D eigenvalue weighted by Gasteiger charge is 2.30. The number of rotatable bonds is 6. The van der Waals surface area contributed by atoms with Crippen LogP contribution in [0.15, 0.2) is 9.95 Å². The smallest absolute Gasteiger partial charge is 0.343 e. The normalized spacial score (nSPS) is 18.4. The summed E-state index contributed by atoms with van der Waals surface area (Å²) in [5.41, 5.74) is 5.09. The van der Waals surface area contributed by atoms with Crippen LogP contribution in [-0.4, -0.2) is 49.8 Å². The molecule has 1 fully saturated rings. The summed E-state index contributed by atoms with van der Waals surface area (Å²) >= 11 is 1.20. The van der Waals surface area contributed by atoms with E-state index < -0.39 is 11.9 Å².